The Bertz CT molecular complexity index is 374. The first-order valence-electron chi connectivity index (χ1n) is 7.94. The van der Waals surface area contributed by atoms with E-state index in [1.54, 1.807) is 0 Å². The molecule has 0 spiro atoms. The lowest BCUT2D eigenvalue weighted by atomic mass is 9.95. The van der Waals surface area contributed by atoms with Crippen LogP contribution < -0.4 is 10.5 Å². The summed E-state index contributed by atoms with van der Waals surface area (Å²) < 4.78 is 5.85. The summed E-state index contributed by atoms with van der Waals surface area (Å²) in [4.78, 5) is 2.57. The molecule has 0 aromatic heterocycles. The summed E-state index contributed by atoms with van der Waals surface area (Å²) in [5.74, 6) is 0.956. The van der Waals surface area contributed by atoms with Gasteiger partial charge < -0.3 is 10.5 Å². The van der Waals surface area contributed by atoms with Crippen molar-refractivity contribution in [2.24, 2.45) is 5.73 Å². The van der Waals surface area contributed by atoms with Gasteiger partial charge in [0.05, 0.1) is 0 Å². The van der Waals surface area contributed by atoms with Crippen molar-refractivity contribution in [2.45, 2.75) is 44.6 Å². The fourth-order valence-electron chi connectivity index (χ4n) is 3.33. The molecule has 20 heavy (non-hydrogen) atoms. The third kappa shape index (κ3) is 3.74. The topological polar surface area (TPSA) is 38.5 Å². The smallest absolute Gasteiger partial charge is 0.119 e. The number of nitrogens with two attached hydrogens (primary N) is 1. The van der Waals surface area contributed by atoms with Crippen LogP contribution in [0.2, 0.25) is 0 Å². The van der Waals surface area contributed by atoms with E-state index < -0.39 is 0 Å². The van der Waals surface area contributed by atoms with Crippen molar-refractivity contribution in [3.63, 3.8) is 0 Å². The molecule has 3 nitrogen and oxygen atoms in total. The van der Waals surface area contributed by atoms with Gasteiger partial charge in [0.25, 0.3) is 0 Å². The van der Waals surface area contributed by atoms with Gasteiger partial charge in [0, 0.05) is 18.6 Å². The van der Waals surface area contributed by atoms with Crippen LogP contribution in [0.25, 0.3) is 0 Å². The van der Waals surface area contributed by atoms with Crippen molar-refractivity contribution < 1.29 is 4.74 Å². The maximum absolute atomic E-state index is 6.10. The zero-order valence-corrected chi connectivity index (χ0v) is 12.7. The first-order valence-corrected chi connectivity index (χ1v) is 7.94. The van der Waals surface area contributed by atoms with Crippen LogP contribution in [-0.4, -0.2) is 36.7 Å². The fraction of sp³-hybridized carbons (Fsp3) is 0.647. The van der Waals surface area contributed by atoms with Crippen molar-refractivity contribution >= 4 is 0 Å². The molecule has 1 aliphatic carbocycles. The molecular formula is C17H28N2O. The monoisotopic (exact) mass is 276 g/mol. The summed E-state index contributed by atoms with van der Waals surface area (Å²) in [7, 11) is 0. The van der Waals surface area contributed by atoms with Gasteiger partial charge in [-0.15, -0.1) is 0 Å². The van der Waals surface area contributed by atoms with E-state index in [1.807, 2.05) is 30.3 Å². The van der Waals surface area contributed by atoms with Crippen LogP contribution in [-0.2, 0) is 0 Å². The lowest BCUT2D eigenvalue weighted by Gasteiger charge is -2.40. The third-order valence-electron chi connectivity index (χ3n) is 4.45. The fourth-order valence-corrected chi connectivity index (χ4v) is 3.33. The number of rotatable bonds is 8. The number of ether oxygens (including phenoxy) is 1. The Balaban J connectivity index is 1.89. The summed E-state index contributed by atoms with van der Waals surface area (Å²) in [6.45, 7) is 5.85. The van der Waals surface area contributed by atoms with Crippen LogP contribution >= 0.6 is 0 Å². The first kappa shape index (κ1) is 15.3. The van der Waals surface area contributed by atoms with Crippen LogP contribution in [0, 0.1) is 0 Å². The largest absolute Gasteiger partial charge is 0.492 e. The minimum absolute atomic E-state index is 0.232. The highest BCUT2D eigenvalue weighted by atomic mass is 16.5. The Kier molecular flexibility index (Phi) is 5.86. The molecule has 1 fully saturated rings. The van der Waals surface area contributed by atoms with Crippen LogP contribution in [0.15, 0.2) is 30.3 Å². The number of benzene rings is 1. The van der Waals surface area contributed by atoms with E-state index in [9.17, 15) is 0 Å². The highest BCUT2D eigenvalue weighted by Crippen LogP contribution is 2.34. The lowest BCUT2D eigenvalue weighted by Crippen LogP contribution is -2.53. The van der Waals surface area contributed by atoms with Gasteiger partial charge in [0.1, 0.15) is 12.4 Å². The molecule has 0 unspecified atom stereocenters. The Morgan fingerprint density at radius 1 is 1.15 bits per heavy atom. The molecule has 3 heteroatoms. The van der Waals surface area contributed by atoms with Crippen LogP contribution in [0.3, 0.4) is 0 Å². The normalized spacial score (nSPS) is 17.6. The van der Waals surface area contributed by atoms with E-state index in [2.05, 4.69) is 11.8 Å². The molecule has 1 saturated carbocycles. The van der Waals surface area contributed by atoms with Crippen LogP contribution in [0.4, 0.5) is 0 Å². The number of nitrogens with zero attached hydrogens (tertiary/aromatic N) is 1. The molecule has 0 bridgehead atoms. The predicted molar refractivity (Wildman–Crippen MR) is 84.1 cm³/mol. The van der Waals surface area contributed by atoms with Crippen molar-refractivity contribution in [2.75, 3.05) is 26.2 Å². The quantitative estimate of drug-likeness (QED) is 0.793. The van der Waals surface area contributed by atoms with Gasteiger partial charge in [0.15, 0.2) is 0 Å². The Morgan fingerprint density at radius 3 is 2.45 bits per heavy atom. The first-order chi connectivity index (χ1) is 9.80. The molecule has 0 atom stereocenters. The zero-order valence-electron chi connectivity index (χ0n) is 12.7. The summed E-state index contributed by atoms with van der Waals surface area (Å²) >= 11 is 0. The van der Waals surface area contributed by atoms with Gasteiger partial charge in [-0.2, -0.15) is 0 Å². The molecule has 0 amide bonds. The number of hydrogen-bond acceptors (Lipinski definition) is 3. The van der Waals surface area contributed by atoms with Crippen LogP contribution in [0.5, 0.6) is 5.75 Å². The van der Waals surface area contributed by atoms with Gasteiger partial charge in [-0.1, -0.05) is 38.0 Å². The van der Waals surface area contributed by atoms with Gasteiger partial charge in [-0.05, 0) is 37.9 Å². The molecule has 0 saturated heterocycles. The summed E-state index contributed by atoms with van der Waals surface area (Å²) in [5, 5.41) is 0. The van der Waals surface area contributed by atoms with E-state index in [1.165, 1.54) is 32.1 Å². The van der Waals surface area contributed by atoms with Gasteiger partial charge in [-0.3, -0.25) is 4.90 Å². The van der Waals surface area contributed by atoms with Gasteiger partial charge in [0.2, 0.25) is 0 Å². The minimum atomic E-state index is 0.232. The maximum atomic E-state index is 6.10. The molecule has 2 rings (SSSR count). The van der Waals surface area contributed by atoms with E-state index >= 15 is 0 Å². The zero-order chi connectivity index (χ0) is 14.3. The highest BCUT2D eigenvalue weighted by molar-refractivity contribution is 5.20. The van der Waals surface area contributed by atoms with Crippen molar-refractivity contribution in [1.82, 2.24) is 4.90 Å². The van der Waals surface area contributed by atoms with Gasteiger partial charge >= 0.3 is 0 Å². The SMILES string of the molecule is CCCN(CCOc1ccccc1)C1(CN)CCCC1. The number of para-hydroxylation sites is 1. The van der Waals surface area contributed by atoms with E-state index in [0.29, 0.717) is 0 Å². The molecule has 1 aromatic carbocycles. The minimum Gasteiger partial charge on any atom is -0.492 e. The van der Waals surface area contributed by atoms with E-state index in [0.717, 1.165) is 32.0 Å². The van der Waals surface area contributed by atoms with Gasteiger partial charge in [-0.25, -0.2) is 0 Å². The average Bonchev–Trinajstić information content (AvgIpc) is 2.97. The summed E-state index contributed by atoms with van der Waals surface area (Å²) in [6, 6.07) is 10.1. The molecule has 2 N–H and O–H groups in total. The third-order valence-corrected chi connectivity index (χ3v) is 4.45. The predicted octanol–water partition coefficient (Wildman–Crippen LogP) is 3.05. The van der Waals surface area contributed by atoms with E-state index in [-0.39, 0.29) is 5.54 Å². The Morgan fingerprint density at radius 2 is 1.85 bits per heavy atom. The van der Waals surface area contributed by atoms with Crippen molar-refractivity contribution in [3.05, 3.63) is 30.3 Å². The second kappa shape index (κ2) is 7.65. The van der Waals surface area contributed by atoms with Crippen LogP contribution in [0.1, 0.15) is 39.0 Å². The standard InChI is InChI=1S/C17H28N2O/c1-2-12-19(17(15-18)10-6-7-11-17)13-14-20-16-8-4-3-5-9-16/h3-5,8-9H,2,6-7,10-15,18H2,1H3. The highest BCUT2D eigenvalue weighted by Gasteiger charge is 2.37. The molecule has 0 heterocycles. The molecule has 1 aromatic rings. The van der Waals surface area contributed by atoms with Crippen molar-refractivity contribution in [1.29, 1.82) is 0 Å². The van der Waals surface area contributed by atoms with Crippen molar-refractivity contribution in [3.8, 4) is 5.75 Å². The van der Waals surface area contributed by atoms with E-state index in [4.69, 9.17) is 10.5 Å². The average molecular weight is 276 g/mol. The molecule has 0 radical (unpaired) electrons. The maximum Gasteiger partial charge on any atom is 0.119 e. The second-order valence-corrected chi connectivity index (χ2v) is 5.78. The molecule has 0 aliphatic heterocycles. The Hall–Kier alpha value is -1.06. The molecule has 1 aliphatic rings. The summed E-state index contributed by atoms with van der Waals surface area (Å²) in [6.07, 6.45) is 6.30. The summed E-state index contributed by atoms with van der Waals surface area (Å²) in [5.41, 5.74) is 6.33. The molecular weight excluding hydrogens is 248 g/mol. The Labute approximate surface area is 123 Å². The molecule has 112 valence electrons. The lowest BCUT2D eigenvalue weighted by molar-refractivity contribution is 0.0809. The second-order valence-electron chi connectivity index (χ2n) is 5.78. The number of hydrogen-bond donors (Lipinski definition) is 1.